The molecule has 0 spiro atoms. The van der Waals surface area contributed by atoms with Gasteiger partial charge in [-0.2, -0.15) is 0 Å². The molecule has 6 nitrogen and oxygen atoms in total. The predicted molar refractivity (Wildman–Crippen MR) is 156 cm³/mol. The van der Waals surface area contributed by atoms with Crippen molar-refractivity contribution in [2.45, 2.75) is 32.8 Å². The van der Waals surface area contributed by atoms with E-state index in [0.717, 1.165) is 22.3 Å². The van der Waals surface area contributed by atoms with Crippen molar-refractivity contribution in [2.24, 2.45) is 0 Å². The molecule has 40 heavy (non-hydrogen) atoms. The van der Waals surface area contributed by atoms with Gasteiger partial charge in [0.2, 0.25) is 0 Å². The van der Waals surface area contributed by atoms with Gasteiger partial charge >= 0.3 is 5.97 Å². The number of nitrogens with one attached hydrogen (secondary N) is 1. The average molecular weight is 556 g/mol. The lowest BCUT2D eigenvalue weighted by molar-refractivity contribution is -0.138. The number of carbonyl (C=O) groups is 2. The van der Waals surface area contributed by atoms with Gasteiger partial charge in [0.05, 0.1) is 25.0 Å². The molecule has 0 saturated carbocycles. The van der Waals surface area contributed by atoms with Crippen LogP contribution in [-0.4, -0.2) is 25.5 Å². The molecule has 5 rings (SSSR count). The van der Waals surface area contributed by atoms with Crippen LogP contribution >= 0.6 is 11.6 Å². The Hall–Kier alpha value is -4.29. The summed E-state index contributed by atoms with van der Waals surface area (Å²) >= 11 is 6.04. The minimum absolute atomic E-state index is 0.121. The molecule has 0 amide bonds. The highest BCUT2D eigenvalue weighted by molar-refractivity contribution is 6.30. The number of ketones is 1. The zero-order chi connectivity index (χ0) is 28.4. The molecule has 1 atom stereocenters. The monoisotopic (exact) mass is 555 g/mol. The molecule has 2 aliphatic rings. The molecule has 204 valence electrons. The van der Waals surface area contributed by atoms with Crippen LogP contribution in [0.2, 0.25) is 5.02 Å². The van der Waals surface area contributed by atoms with E-state index in [1.807, 2.05) is 67.6 Å². The first kappa shape index (κ1) is 27.3. The second kappa shape index (κ2) is 11.4. The molecule has 1 aliphatic heterocycles. The summed E-state index contributed by atoms with van der Waals surface area (Å²) in [5.74, 6) is -0.195. The maximum Gasteiger partial charge on any atom is 0.336 e. The number of hydrogen-bond donors (Lipinski definition) is 1. The molecule has 1 aliphatic carbocycles. The van der Waals surface area contributed by atoms with Gasteiger partial charge in [-0.25, -0.2) is 4.79 Å². The zero-order valence-corrected chi connectivity index (χ0v) is 23.4. The molecular weight excluding hydrogens is 526 g/mol. The summed E-state index contributed by atoms with van der Waals surface area (Å²) in [6, 6.07) is 18.7. The molecule has 1 heterocycles. The number of methoxy groups -OCH3 is 1. The van der Waals surface area contributed by atoms with E-state index < -0.39 is 11.9 Å². The van der Waals surface area contributed by atoms with Crippen LogP contribution in [-0.2, 0) is 22.6 Å². The van der Waals surface area contributed by atoms with Gasteiger partial charge in [-0.1, -0.05) is 60.1 Å². The highest BCUT2D eigenvalue weighted by Crippen LogP contribution is 2.48. The molecule has 0 unspecified atom stereocenters. The van der Waals surface area contributed by atoms with Crippen molar-refractivity contribution in [3.63, 3.8) is 0 Å². The van der Waals surface area contributed by atoms with Gasteiger partial charge in [-0.05, 0) is 49.6 Å². The van der Waals surface area contributed by atoms with Crippen molar-refractivity contribution in [3.8, 4) is 11.5 Å². The van der Waals surface area contributed by atoms with Crippen LogP contribution in [0.15, 0.2) is 90.2 Å². The zero-order valence-electron chi connectivity index (χ0n) is 22.7. The van der Waals surface area contributed by atoms with E-state index in [1.165, 1.54) is 0 Å². The number of rotatable bonds is 9. The van der Waals surface area contributed by atoms with E-state index in [-0.39, 0.29) is 12.4 Å². The Morgan fingerprint density at radius 2 is 1.82 bits per heavy atom. The fourth-order valence-corrected chi connectivity index (χ4v) is 5.48. The number of carbonyl (C=O) groups excluding carboxylic acids is 2. The normalized spacial score (nSPS) is 15.8. The fraction of sp³-hybridized carbons (Fsp3) is 0.212. The number of Topliss-reactive ketones (excluding diaryl/α,β-unsaturated/α-hetero) is 1. The largest absolute Gasteiger partial charge is 0.493 e. The van der Waals surface area contributed by atoms with Crippen LogP contribution in [0.5, 0.6) is 11.5 Å². The van der Waals surface area contributed by atoms with Gasteiger partial charge in [0, 0.05) is 38.9 Å². The van der Waals surface area contributed by atoms with Crippen LogP contribution in [0.1, 0.15) is 52.4 Å². The second-order valence-electron chi connectivity index (χ2n) is 9.60. The lowest BCUT2D eigenvalue weighted by Gasteiger charge is -2.30. The molecule has 0 radical (unpaired) electrons. The topological polar surface area (TPSA) is 73.9 Å². The van der Waals surface area contributed by atoms with Crippen LogP contribution in [0.3, 0.4) is 0 Å². The first-order valence-corrected chi connectivity index (χ1v) is 13.5. The lowest BCUT2D eigenvalue weighted by atomic mass is 9.79. The SMILES string of the molecule is C=CCc1cc([C@H]2C(C(=O)OCC)=C(C)NC3=C2C(=O)c2ccccc23)cc(OC)c1OCc1ccc(Cl)cc1. The van der Waals surface area contributed by atoms with Crippen molar-refractivity contribution < 1.29 is 23.8 Å². The minimum Gasteiger partial charge on any atom is -0.493 e. The number of benzene rings is 3. The van der Waals surface area contributed by atoms with Crippen molar-refractivity contribution in [1.82, 2.24) is 5.32 Å². The van der Waals surface area contributed by atoms with E-state index in [9.17, 15) is 9.59 Å². The van der Waals surface area contributed by atoms with E-state index in [4.69, 9.17) is 25.8 Å². The Labute approximate surface area is 238 Å². The smallest absolute Gasteiger partial charge is 0.336 e. The highest BCUT2D eigenvalue weighted by Gasteiger charge is 2.43. The van der Waals surface area contributed by atoms with Gasteiger partial charge in [0.1, 0.15) is 6.61 Å². The van der Waals surface area contributed by atoms with Gasteiger partial charge in [0.15, 0.2) is 17.3 Å². The van der Waals surface area contributed by atoms with E-state index in [1.54, 1.807) is 20.1 Å². The quantitative estimate of drug-likeness (QED) is 0.231. The fourth-order valence-electron chi connectivity index (χ4n) is 5.35. The third kappa shape index (κ3) is 4.91. The maximum atomic E-state index is 13.8. The van der Waals surface area contributed by atoms with Crippen molar-refractivity contribution >= 4 is 29.1 Å². The number of dihydropyridines is 1. The molecular formula is C33H30ClNO5. The Morgan fingerprint density at radius 1 is 1.10 bits per heavy atom. The van der Waals surface area contributed by atoms with E-state index >= 15 is 0 Å². The summed E-state index contributed by atoms with van der Waals surface area (Å²) in [5, 5.41) is 3.98. The van der Waals surface area contributed by atoms with Gasteiger partial charge in [0.25, 0.3) is 0 Å². The first-order chi connectivity index (χ1) is 19.4. The lowest BCUT2D eigenvalue weighted by Crippen LogP contribution is -2.29. The molecule has 3 aromatic rings. The predicted octanol–water partition coefficient (Wildman–Crippen LogP) is 6.79. The van der Waals surface area contributed by atoms with Crippen LogP contribution in [0, 0.1) is 0 Å². The Kier molecular flexibility index (Phi) is 7.81. The standard InChI is InChI=1S/C33H30ClNO5/c1-5-9-21-16-22(17-26(38-4)32(21)40-18-20-12-14-23(34)15-13-20)28-27(33(37)39-6-2)19(3)35-30-24-10-7-8-11-25(24)31(36)29(28)30/h5,7-8,10-17,28,35H,1,6,9,18H2,2-4H3/t28-/m0/s1. The summed E-state index contributed by atoms with van der Waals surface area (Å²) in [6.45, 7) is 8.04. The molecule has 1 N–H and O–H groups in total. The molecule has 0 bridgehead atoms. The van der Waals surface area contributed by atoms with Crippen LogP contribution < -0.4 is 14.8 Å². The summed E-state index contributed by atoms with van der Waals surface area (Å²) < 4.78 is 17.5. The summed E-state index contributed by atoms with van der Waals surface area (Å²) in [6.07, 6.45) is 2.27. The number of fused-ring (bicyclic) bond motifs is 2. The minimum atomic E-state index is -0.669. The number of halogens is 1. The van der Waals surface area contributed by atoms with Crippen LogP contribution in [0.4, 0.5) is 0 Å². The molecule has 0 saturated heterocycles. The average Bonchev–Trinajstić information content (AvgIpc) is 3.23. The Bertz CT molecular complexity index is 1570. The van der Waals surface area contributed by atoms with Crippen LogP contribution in [0.25, 0.3) is 5.70 Å². The molecule has 7 heteroatoms. The van der Waals surface area contributed by atoms with E-state index in [0.29, 0.717) is 57.7 Å². The van der Waals surface area contributed by atoms with Gasteiger partial charge < -0.3 is 19.5 Å². The molecule has 0 fully saturated rings. The van der Waals surface area contributed by atoms with E-state index in [2.05, 4.69) is 11.9 Å². The Balaban J connectivity index is 1.64. The third-order valence-electron chi connectivity index (χ3n) is 7.11. The molecule has 3 aromatic carbocycles. The maximum absolute atomic E-state index is 13.8. The first-order valence-electron chi connectivity index (χ1n) is 13.1. The van der Waals surface area contributed by atoms with Crippen molar-refractivity contribution in [2.75, 3.05) is 13.7 Å². The van der Waals surface area contributed by atoms with Crippen molar-refractivity contribution in [1.29, 1.82) is 0 Å². The number of hydrogen-bond acceptors (Lipinski definition) is 6. The number of ether oxygens (including phenoxy) is 3. The third-order valence-corrected chi connectivity index (χ3v) is 7.36. The molecule has 0 aromatic heterocycles. The number of allylic oxidation sites excluding steroid dienone is 3. The summed E-state index contributed by atoms with van der Waals surface area (Å²) in [7, 11) is 1.57. The summed E-state index contributed by atoms with van der Waals surface area (Å²) in [5.41, 5.74) is 6.17. The summed E-state index contributed by atoms with van der Waals surface area (Å²) in [4.78, 5) is 27.1. The highest BCUT2D eigenvalue weighted by atomic mass is 35.5. The Morgan fingerprint density at radius 3 is 2.50 bits per heavy atom. The van der Waals surface area contributed by atoms with Gasteiger partial charge in [-0.3, -0.25) is 4.79 Å². The number of esters is 1. The van der Waals surface area contributed by atoms with Gasteiger partial charge in [-0.15, -0.1) is 6.58 Å². The van der Waals surface area contributed by atoms with Crippen molar-refractivity contribution in [3.05, 3.63) is 123 Å². The second-order valence-corrected chi connectivity index (χ2v) is 10.0.